The van der Waals surface area contributed by atoms with Crippen molar-refractivity contribution in [3.8, 4) is 0 Å². The monoisotopic (exact) mass is 206 g/mol. The zero-order valence-corrected chi connectivity index (χ0v) is 11.3. The number of carbonyl (C=O) groups is 1. The molecule has 2 nitrogen and oxygen atoms in total. The molecular weight excluding hydrogens is 188 g/mol. The molecule has 0 aromatic rings. The minimum atomic E-state index is -0.184. The van der Waals surface area contributed by atoms with Crippen LogP contribution >= 0.6 is 12.0 Å². The Bertz CT molecular complexity index is 157. The van der Waals surface area contributed by atoms with E-state index in [0.717, 1.165) is 28.7 Å². The summed E-state index contributed by atoms with van der Waals surface area (Å²) in [5.74, 6) is 0. The van der Waals surface area contributed by atoms with E-state index in [-0.39, 0.29) is 16.3 Å². The van der Waals surface area contributed by atoms with Crippen LogP contribution in [-0.4, -0.2) is 21.0 Å². The van der Waals surface area contributed by atoms with Crippen molar-refractivity contribution in [3.05, 3.63) is 0 Å². The van der Waals surface area contributed by atoms with Gasteiger partial charge in [-0.25, -0.2) is 0 Å². The van der Waals surface area contributed by atoms with Crippen LogP contribution in [0.1, 0.15) is 34.1 Å². The van der Waals surface area contributed by atoms with Crippen LogP contribution in [0, 0.1) is 0 Å². The molecule has 1 atom stereocenters. The third kappa shape index (κ3) is 4.95. The van der Waals surface area contributed by atoms with Crippen LogP contribution in [0.4, 0.5) is 0 Å². The van der Waals surface area contributed by atoms with Gasteiger partial charge >= 0.3 is 0 Å². The molecule has 0 aliphatic rings. The van der Waals surface area contributed by atoms with Gasteiger partial charge in [-0.15, -0.1) is 0 Å². The minimum Gasteiger partial charge on any atom is -0.302 e. The van der Waals surface area contributed by atoms with Gasteiger partial charge in [-0.05, 0) is 20.3 Å². The van der Waals surface area contributed by atoms with Crippen molar-refractivity contribution in [2.75, 3.05) is 0 Å². The van der Waals surface area contributed by atoms with E-state index in [1.165, 1.54) is 0 Å². The van der Waals surface area contributed by atoms with Gasteiger partial charge in [0.25, 0.3) is 0 Å². The molecule has 72 valence electrons. The van der Waals surface area contributed by atoms with Crippen molar-refractivity contribution in [1.29, 1.82) is 0 Å². The van der Waals surface area contributed by atoms with E-state index in [4.69, 9.17) is 4.18 Å². The summed E-state index contributed by atoms with van der Waals surface area (Å²) in [5, 5.41) is 0.156. The molecule has 0 saturated carbocycles. The molecule has 0 heterocycles. The Kier molecular flexibility index (Phi) is 5.12. The smallest absolute Gasteiger partial charge is 0.214 e. The molecule has 0 aromatic carbocycles. The fourth-order valence-corrected chi connectivity index (χ4v) is 1.22. The lowest BCUT2D eigenvalue weighted by Crippen LogP contribution is -2.20. The van der Waals surface area contributed by atoms with Crippen LogP contribution in [0.2, 0.25) is 5.54 Å². The fraction of sp³-hybridized carbons (Fsp3) is 0.875. The van der Waals surface area contributed by atoms with Crippen molar-refractivity contribution in [2.45, 2.75) is 45.3 Å². The third-order valence-corrected chi connectivity index (χ3v) is 3.79. The van der Waals surface area contributed by atoms with E-state index in [1.54, 1.807) is 0 Å². The molecule has 0 bridgehead atoms. The Morgan fingerprint density at radius 2 is 2.17 bits per heavy atom. The van der Waals surface area contributed by atoms with Crippen LogP contribution < -0.4 is 0 Å². The lowest BCUT2D eigenvalue weighted by molar-refractivity contribution is -0.111. The zero-order valence-electron chi connectivity index (χ0n) is 8.51. The maximum absolute atomic E-state index is 11.2. The first-order chi connectivity index (χ1) is 5.39. The highest BCUT2D eigenvalue weighted by molar-refractivity contribution is 8.09. The van der Waals surface area contributed by atoms with Crippen LogP contribution in [-0.2, 0) is 8.98 Å². The second-order valence-corrected chi connectivity index (χ2v) is 6.22. The van der Waals surface area contributed by atoms with Gasteiger partial charge < -0.3 is 4.18 Å². The Hall–Kier alpha value is 0.197. The fourth-order valence-electron chi connectivity index (χ4n) is 0.309. The Morgan fingerprint density at radius 3 is 2.50 bits per heavy atom. The highest BCUT2D eigenvalue weighted by Gasteiger charge is 2.19. The van der Waals surface area contributed by atoms with E-state index in [1.807, 2.05) is 20.8 Å². The standard InChI is InChI=1S/C8H18O2SSi/c1-5-8(3,4)10-11-7(9)6(2)12/h6H,5H2,1-4,12H3. The van der Waals surface area contributed by atoms with Crippen molar-refractivity contribution in [3.63, 3.8) is 0 Å². The van der Waals surface area contributed by atoms with E-state index in [2.05, 4.69) is 6.92 Å². The second kappa shape index (κ2) is 5.04. The van der Waals surface area contributed by atoms with Crippen molar-refractivity contribution in [2.24, 2.45) is 0 Å². The van der Waals surface area contributed by atoms with Gasteiger partial charge in [0.15, 0.2) is 0 Å². The molecule has 0 saturated heterocycles. The van der Waals surface area contributed by atoms with Gasteiger partial charge in [0.1, 0.15) is 0 Å². The molecule has 0 fully saturated rings. The zero-order chi connectivity index (χ0) is 9.78. The van der Waals surface area contributed by atoms with Gasteiger partial charge in [0, 0.05) is 15.8 Å². The number of rotatable bonds is 4. The summed E-state index contributed by atoms with van der Waals surface area (Å²) >= 11 is 1.01. The molecule has 0 aliphatic heterocycles. The molecule has 1 unspecified atom stereocenters. The first-order valence-electron chi connectivity index (χ1n) is 4.28. The summed E-state index contributed by atoms with van der Waals surface area (Å²) in [6.45, 7) is 7.97. The SMILES string of the molecule is CCC(C)(C)OSC(=O)C(C)[SiH3]. The van der Waals surface area contributed by atoms with E-state index in [0.29, 0.717) is 0 Å². The molecule has 0 spiro atoms. The number of carbonyl (C=O) groups excluding carboxylic acids is 1. The minimum absolute atomic E-state index is 0.156. The summed E-state index contributed by atoms with van der Waals surface area (Å²) in [6.07, 6.45) is 0.919. The van der Waals surface area contributed by atoms with Gasteiger partial charge in [-0.2, -0.15) is 0 Å². The molecule has 0 radical (unpaired) electrons. The molecular formula is C8H18O2SSi. The number of hydrogen-bond acceptors (Lipinski definition) is 3. The topological polar surface area (TPSA) is 26.3 Å². The van der Waals surface area contributed by atoms with E-state index < -0.39 is 0 Å². The Morgan fingerprint density at radius 1 is 1.67 bits per heavy atom. The average molecular weight is 206 g/mol. The summed E-state index contributed by atoms with van der Waals surface area (Å²) in [4.78, 5) is 11.2. The van der Waals surface area contributed by atoms with Gasteiger partial charge in [0.2, 0.25) is 5.12 Å². The van der Waals surface area contributed by atoms with Crippen molar-refractivity contribution in [1.82, 2.24) is 0 Å². The first kappa shape index (κ1) is 12.2. The van der Waals surface area contributed by atoms with Gasteiger partial charge in [-0.3, -0.25) is 4.79 Å². The Labute approximate surface area is 82.1 Å². The van der Waals surface area contributed by atoms with Crippen molar-refractivity contribution < 1.29 is 8.98 Å². The summed E-state index contributed by atoms with van der Waals surface area (Å²) in [5.41, 5.74) is -0.000743. The lowest BCUT2D eigenvalue weighted by atomic mass is 10.1. The van der Waals surface area contributed by atoms with Crippen LogP contribution in [0.15, 0.2) is 0 Å². The van der Waals surface area contributed by atoms with Gasteiger partial charge in [0.05, 0.1) is 17.6 Å². The third-order valence-electron chi connectivity index (χ3n) is 1.67. The molecule has 0 aliphatic carbocycles. The predicted octanol–water partition coefficient (Wildman–Crippen LogP) is 1.54. The molecule has 4 heteroatoms. The predicted molar refractivity (Wildman–Crippen MR) is 57.4 cm³/mol. The molecule has 0 amide bonds. The first-order valence-corrected chi connectivity index (χ1v) is 6.18. The summed E-state index contributed by atoms with van der Waals surface area (Å²) in [7, 11) is 0.905. The summed E-state index contributed by atoms with van der Waals surface area (Å²) in [6, 6.07) is 0. The maximum Gasteiger partial charge on any atom is 0.214 e. The lowest BCUT2D eigenvalue weighted by Gasteiger charge is -2.21. The molecule has 0 aromatic heterocycles. The number of hydrogen-bond donors (Lipinski definition) is 0. The summed E-state index contributed by atoms with van der Waals surface area (Å²) < 4.78 is 5.39. The molecule has 0 rings (SSSR count). The molecule has 0 N–H and O–H groups in total. The Balaban J connectivity index is 3.76. The van der Waals surface area contributed by atoms with E-state index in [9.17, 15) is 4.79 Å². The normalized spacial score (nSPS) is 14.7. The van der Waals surface area contributed by atoms with Crippen molar-refractivity contribution >= 4 is 27.4 Å². The van der Waals surface area contributed by atoms with Crippen LogP contribution in [0.3, 0.4) is 0 Å². The maximum atomic E-state index is 11.2. The average Bonchev–Trinajstić information content (AvgIpc) is 2.00. The highest BCUT2D eigenvalue weighted by Crippen LogP contribution is 2.24. The largest absolute Gasteiger partial charge is 0.302 e. The highest BCUT2D eigenvalue weighted by atomic mass is 32.2. The van der Waals surface area contributed by atoms with E-state index >= 15 is 0 Å². The molecule has 12 heavy (non-hydrogen) atoms. The quantitative estimate of drug-likeness (QED) is 0.515. The van der Waals surface area contributed by atoms with Gasteiger partial charge in [-0.1, -0.05) is 13.8 Å². The van der Waals surface area contributed by atoms with Crippen LogP contribution in [0.5, 0.6) is 0 Å². The van der Waals surface area contributed by atoms with Crippen LogP contribution in [0.25, 0.3) is 0 Å². The second-order valence-electron chi connectivity index (χ2n) is 3.75.